The highest BCUT2D eigenvalue weighted by Gasteiger charge is 2.17. The molecule has 4 N–H and O–H groups in total. The maximum Gasteiger partial charge on any atom is 0.313 e. The number of benzene rings is 2. The molecule has 1 aromatic heterocycles. The summed E-state index contributed by atoms with van der Waals surface area (Å²) < 4.78 is 0. The molecule has 1 aliphatic rings. The van der Waals surface area contributed by atoms with Crippen molar-refractivity contribution in [2.45, 2.75) is 6.42 Å². The number of aromatic amines is 1. The van der Waals surface area contributed by atoms with E-state index in [1.54, 1.807) is 12.3 Å². The average molecular weight is 407 g/mol. The number of carbonyl (C=O) groups is 1. The van der Waals surface area contributed by atoms with Crippen molar-refractivity contribution in [2.24, 2.45) is 10.2 Å². The number of thioether (sulfide) groups is 1. The maximum atomic E-state index is 10.7. The first-order valence-electron chi connectivity index (χ1n) is 8.76. The van der Waals surface area contributed by atoms with Crippen molar-refractivity contribution in [3.05, 3.63) is 60.3 Å². The summed E-state index contributed by atoms with van der Waals surface area (Å²) in [4.78, 5) is 10.7. The molecule has 29 heavy (non-hydrogen) atoms. The number of aliphatic carboxylic acids is 1. The van der Waals surface area contributed by atoms with Crippen molar-refractivity contribution in [2.75, 3.05) is 11.2 Å². The molecule has 8 nitrogen and oxygen atoms in total. The van der Waals surface area contributed by atoms with E-state index in [1.165, 1.54) is 0 Å². The van der Waals surface area contributed by atoms with Gasteiger partial charge in [0.05, 0.1) is 22.8 Å². The van der Waals surface area contributed by atoms with Crippen molar-refractivity contribution >= 4 is 34.2 Å². The van der Waals surface area contributed by atoms with Gasteiger partial charge in [0.2, 0.25) is 0 Å². The Labute approximate surface area is 170 Å². The van der Waals surface area contributed by atoms with Gasteiger partial charge in [0.25, 0.3) is 0 Å². The van der Waals surface area contributed by atoms with Crippen LogP contribution < -0.4 is 5.48 Å². The van der Waals surface area contributed by atoms with Gasteiger partial charge in [0, 0.05) is 18.2 Å². The van der Waals surface area contributed by atoms with E-state index in [0.29, 0.717) is 17.2 Å². The lowest BCUT2D eigenvalue weighted by Crippen LogP contribution is -2.06. The molecule has 2 aromatic carbocycles. The van der Waals surface area contributed by atoms with E-state index in [1.807, 2.05) is 42.5 Å². The molecule has 146 valence electrons. The van der Waals surface area contributed by atoms with Crippen molar-refractivity contribution in [1.29, 1.82) is 0 Å². The highest BCUT2D eigenvalue weighted by molar-refractivity contribution is 8.14. The topological polar surface area (TPSA) is 123 Å². The largest absolute Gasteiger partial charge is 0.481 e. The third-order valence-corrected chi connectivity index (χ3v) is 5.34. The fourth-order valence-corrected chi connectivity index (χ4v) is 3.63. The summed E-state index contributed by atoms with van der Waals surface area (Å²) in [5.74, 6) is -0.938. The minimum atomic E-state index is -0.890. The summed E-state index contributed by atoms with van der Waals surface area (Å²) in [6, 6.07) is 15.5. The Morgan fingerprint density at radius 2 is 1.79 bits per heavy atom. The Bertz CT molecular complexity index is 1090. The number of carboxylic acid groups (broad SMARTS) is 1. The van der Waals surface area contributed by atoms with Gasteiger partial charge in [0.15, 0.2) is 0 Å². The van der Waals surface area contributed by atoms with Crippen molar-refractivity contribution in [3.8, 4) is 22.4 Å². The van der Waals surface area contributed by atoms with Gasteiger partial charge in [-0.05, 0) is 41.0 Å². The van der Waals surface area contributed by atoms with Gasteiger partial charge < -0.3 is 5.11 Å². The minimum absolute atomic E-state index is 0.0478. The van der Waals surface area contributed by atoms with Gasteiger partial charge >= 0.3 is 5.97 Å². The molecule has 0 radical (unpaired) electrons. The number of nitrogens with zero attached hydrogens (tertiary/aromatic N) is 3. The molecule has 0 bridgehead atoms. The molecular formula is C20H17N5O3S. The number of H-pyrrole nitrogens is 1. The van der Waals surface area contributed by atoms with E-state index in [2.05, 4.69) is 25.9 Å². The fraction of sp³-hybridized carbons (Fsp3) is 0.100. The average Bonchev–Trinajstić information content (AvgIpc) is 3.44. The Morgan fingerprint density at radius 1 is 1.03 bits per heavy atom. The molecule has 9 heteroatoms. The zero-order valence-electron chi connectivity index (χ0n) is 15.2. The standard InChI is InChI=1S/C20H17N5O3S/c26-20(27)11-29-19-10-18(23-24-19)15-7-14(8-16(9-15)25-28)12-1-3-13(4-2-12)17-5-6-21-22-17/h1-9,25,28H,10-11H2,(H,21,22)(H,26,27). The van der Waals surface area contributed by atoms with Gasteiger partial charge in [-0.25, -0.2) is 0 Å². The number of carboxylic acids is 1. The summed E-state index contributed by atoms with van der Waals surface area (Å²) in [5.41, 5.74) is 8.11. The predicted molar refractivity (Wildman–Crippen MR) is 114 cm³/mol. The lowest BCUT2D eigenvalue weighted by molar-refractivity contribution is -0.133. The van der Waals surface area contributed by atoms with Crippen LogP contribution in [-0.2, 0) is 4.79 Å². The Hall–Kier alpha value is -3.43. The molecule has 0 fully saturated rings. The molecule has 0 saturated carbocycles. The second-order valence-corrected chi connectivity index (χ2v) is 7.41. The molecule has 0 saturated heterocycles. The summed E-state index contributed by atoms with van der Waals surface area (Å²) in [6.45, 7) is 0. The summed E-state index contributed by atoms with van der Waals surface area (Å²) >= 11 is 1.16. The highest BCUT2D eigenvalue weighted by Crippen LogP contribution is 2.29. The molecule has 2 heterocycles. The van der Waals surface area contributed by atoms with Crippen LogP contribution in [0.1, 0.15) is 12.0 Å². The van der Waals surface area contributed by atoms with Gasteiger partial charge in [-0.3, -0.25) is 20.6 Å². The van der Waals surface area contributed by atoms with Crippen LogP contribution >= 0.6 is 11.8 Å². The number of aromatic nitrogens is 2. The second-order valence-electron chi connectivity index (χ2n) is 6.36. The van der Waals surface area contributed by atoms with Crippen LogP contribution in [-0.4, -0.2) is 43.0 Å². The Morgan fingerprint density at radius 3 is 2.48 bits per heavy atom. The third-order valence-electron chi connectivity index (χ3n) is 4.39. The fourth-order valence-electron chi connectivity index (χ4n) is 3.00. The molecule has 0 amide bonds. The highest BCUT2D eigenvalue weighted by atomic mass is 32.2. The minimum Gasteiger partial charge on any atom is -0.481 e. The van der Waals surface area contributed by atoms with Crippen molar-refractivity contribution in [3.63, 3.8) is 0 Å². The van der Waals surface area contributed by atoms with Crippen LogP contribution in [0.3, 0.4) is 0 Å². The Balaban J connectivity index is 1.57. The molecular weight excluding hydrogens is 390 g/mol. The van der Waals surface area contributed by atoms with Crippen LogP contribution in [0.4, 0.5) is 5.69 Å². The molecule has 3 aromatic rings. The quantitative estimate of drug-likeness (QED) is 0.460. The van der Waals surface area contributed by atoms with E-state index in [0.717, 1.165) is 45.4 Å². The SMILES string of the molecule is O=C(O)CSC1=NN=C(c2cc(NO)cc(-c3ccc(-c4ccn[nH]4)cc3)c2)C1. The lowest BCUT2D eigenvalue weighted by Gasteiger charge is -2.10. The van der Waals surface area contributed by atoms with Crippen molar-refractivity contribution in [1.82, 2.24) is 10.2 Å². The van der Waals surface area contributed by atoms with E-state index in [4.69, 9.17) is 5.11 Å². The summed E-state index contributed by atoms with van der Waals surface area (Å²) in [7, 11) is 0. The first-order valence-corrected chi connectivity index (χ1v) is 9.74. The predicted octanol–water partition coefficient (Wildman–Crippen LogP) is 3.87. The van der Waals surface area contributed by atoms with E-state index >= 15 is 0 Å². The number of hydrogen-bond donors (Lipinski definition) is 4. The van der Waals surface area contributed by atoms with Gasteiger partial charge in [0.1, 0.15) is 5.04 Å². The molecule has 0 spiro atoms. The molecule has 0 aliphatic carbocycles. The second kappa shape index (κ2) is 8.29. The number of rotatable bonds is 6. The monoisotopic (exact) mass is 407 g/mol. The number of anilines is 1. The molecule has 4 rings (SSSR count). The first-order chi connectivity index (χ1) is 14.1. The summed E-state index contributed by atoms with van der Waals surface area (Å²) in [6.07, 6.45) is 2.17. The van der Waals surface area contributed by atoms with E-state index in [-0.39, 0.29) is 5.75 Å². The zero-order valence-corrected chi connectivity index (χ0v) is 16.0. The molecule has 0 unspecified atom stereocenters. The smallest absolute Gasteiger partial charge is 0.313 e. The maximum absolute atomic E-state index is 10.7. The van der Waals surface area contributed by atoms with Gasteiger partial charge in [-0.15, -0.1) is 5.10 Å². The number of nitrogens with one attached hydrogen (secondary N) is 2. The zero-order chi connectivity index (χ0) is 20.2. The van der Waals surface area contributed by atoms with Gasteiger partial charge in [-0.2, -0.15) is 10.2 Å². The summed E-state index contributed by atoms with van der Waals surface area (Å²) in [5, 5.41) is 34.1. The normalized spacial score (nSPS) is 13.1. The van der Waals surface area contributed by atoms with Crippen molar-refractivity contribution < 1.29 is 15.1 Å². The van der Waals surface area contributed by atoms with Crippen LogP contribution in [0, 0.1) is 0 Å². The van der Waals surface area contributed by atoms with E-state index in [9.17, 15) is 10.0 Å². The van der Waals surface area contributed by atoms with Gasteiger partial charge in [-0.1, -0.05) is 36.0 Å². The third kappa shape index (κ3) is 4.36. The van der Waals surface area contributed by atoms with Crippen LogP contribution in [0.15, 0.2) is 64.9 Å². The Kier molecular flexibility index (Phi) is 5.41. The van der Waals surface area contributed by atoms with Crippen LogP contribution in [0.5, 0.6) is 0 Å². The number of hydrogen-bond acceptors (Lipinski definition) is 7. The van der Waals surface area contributed by atoms with Crippen LogP contribution in [0.25, 0.3) is 22.4 Å². The lowest BCUT2D eigenvalue weighted by atomic mass is 9.98. The molecule has 0 atom stereocenters. The first kappa shape index (κ1) is 18.9. The van der Waals surface area contributed by atoms with E-state index < -0.39 is 5.97 Å². The molecule has 1 aliphatic heterocycles. The van der Waals surface area contributed by atoms with Crippen LogP contribution in [0.2, 0.25) is 0 Å².